The molecule has 4 rings (SSSR count). The van der Waals surface area contributed by atoms with E-state index in [9.17, 15) is 0 Å². The predicted molar refractivity (Wildman–Crippen MR) is 93.2 cm³/mol. The van der Waals surface area contributed by atoms with Crippen molar-refractivity contribution in [3.8, 4) is 17.6 Å². The van der Waals surface area contributed by atoms with Crippen molar-refractivity contribution < 1.29 is 0 Å². The molecular formula is C20H14N4. The van der Waals surface area contributed by atoms with Crippen LogP contribution in [0.15, 0.2) is 72.9 Å². The lowest BCUT2D eigenvalue weighted by Crippen LogP contribution is -2.03. The Morgan fingerprint density at radius 3 is 2.46 bits per heavy atom. The summed E-state index contributed by atoms with van der Waals surface area (Å²) < 4.78 is 2.17. The summed E-state index contributed by atoms with van der Waals surface area (Å²) in [6.07, 6.45) is 1.78. The third-order valence-corrected chi connectivity index (χ3v) is 3.97. The van der Waals surface area contributed by atoms with Crippen LogP contribution in [0, 0.1) is 11.3 Å². The number of fused-ring (bicyclic) bond motifs is 1. The fourth-order valence-corrected chi connectivity index (χ4v) is 2.79. The zero-order chi connectivity index (χ0) is 16.4. The quantitative estimate of drug-likeness (QED) is 0.574. The maximum atomic E-state index is 8.95. The first-order chi connectivity index (χ1) is 11.8. The van der Waals surface area contributed by atoms with Gasteiger partial charge in [-0.1, -0.05) is 30.3 Å². The lowest BCUT2D eigenvalue weighted by molar-refractivity contribution is 0.830. The number of para-hydroxylation sites is 2. The van der Waals surface area contributed by atoms with E-state index in [0.29, 0.717) is 12.1 Å². The van der Waals surface area contributed by atoms with Crippen LogP contribution in [0.25, 0.3) is 22.6 Å². The van der Waals surface area contributed by atoms with Gasteiger partial charge in [0, 0.05) is 12.7 Å². The van der Waals surface area contributed by atoms with Gasteiger partial charge in [0.05, 0.1) is 22.7 Å². The zero-order valence-electron chi connectivity index (χ0n) is 12.9. The molecule has 0 aliphatic heterocycles. The molecule has 0 unspecified atom stereocenters. The Labute approximate surface area is 139 Å². The number of rotatable bonds is 3. The number of hydrogen-bond acceptors (Lipinski definition) is 3. The third kappa shape index (κ3) is 2.53. The lowest BCUT2D eigenvalue weighted by atomic mass is 10.1. The van der Waals surface area contributed by atoms with Crippen LogP contribution in [0.3, 0.4) is 0 Å². The monoisotopic (exact) mass is 310 g/mol. The normalized spacial score (nSPS) is 10.6. The Morgan fingerprint density at radius 2 is 1.71 bits per heavy atom. The van der Waals surface area contributed by atoms with Crippen LogP contribution in [0.4, 0.5) is 0 Å². The first-order valence-corrected chi connectivity index (χ1v) is 7.71. The van der Waals surface area contributed by atoms with E-state index in [1.54, 1.807) is 6.20 Å². The number of benzene rings is 2. The van der Waals surface area contributed by atoms with Crippen molar-refractivity contribution in [3.05, 3.63) is 84.1 Å². The minimum Gasteiger partial charge on any atom is -0.318 e. The molecule has 0 fully saturated rings. The van der Waals surface area contributed by atoms with Crippen LogP contribution >= 0.6 is 0 Å². The van der Waals surface area contributed by atoms with E-state index in [0.717, 1.165) is 28.1 Å². The van der Waals surface area contributed by atoms with Gasteiger partial charge in [-0.25, -0.2) is 4.98 Å². The summed E-state index contributed by atoms with van der Waals surface area (Å²) in [6, 6.07) is 23.7. The fraction of sp³-hybridized carbons (Fsp3) is 0.0500. The second-order valence-electron chi connectivity index (χ2n) is 5.53. The molecule has 0 amide bonds. The highest BCUT2D eigenvalue weighted by Gasteiger charge is 2.13. The smallest absolute Gasteiger partial charge is 0.160 e. The molecule has 2 aromatic heterocycles. The average Bonchev–Trinajstić information content (AvgIpc) is 3.02. The topological polar surface area (TPSA) is 54.5 Å². The van der Waals surface area contributed by atoms with Crippen molar-refractivity contribution in [2.75, 3.05) is 0 Å². The molecule has 4 nitrogen and oxygen atoms in total. The van der Waals surface area contributed by atoms with Crippen molar-refractivity contribution in [3.63, 3.8) is 0 Å². The minimum absolute atomic E-state index is 0.666. The summed E-state index contributed by atoms with van der Waals surface area (Å²) in [7, 11) is 0. The maximum Gasteiger partial charge on any atom is 0.160 e. The molecule has 0 spiro atoms. The number of hydrogen-bond donors (Lipinski definition) is 0. The minimum atomic E-state index is 0.666. The molecule has 0 aliphatic rings. The van der Waals surface area contributed by atoms with E-state index in [1.165, 1.54) is 0 Å². The summed E-state index contributed by atoms with van der Waals surface area (Å²) in [4.78, 5) is 9.21. The first kappa shape index (κ1) is 14.2. The molecule has 0 N–H and O–H groups in total. The predicted octanol–water partition coefficient (Wildman–Crippen LogP) is 4.02. The molecule has 114 valence electrons. The Balaban J connectivity index is 1.84. The molecule has 4 aromatic rings. The zero-order valence-corrected chi connectivity index (χ0v) is 12.9. The molecule has 0 aliphatic carbocycles. The van der Waals surface area contributed by atoms with E-state index in [-0.39, 0.29) is 0 Å². The van der Waals surface area contributed by atoms with Gasteiger partial charge in [0.15, 0.2) is 5.82 Å². The van der Waals surface area contributed by atoms with Crippen LogP contribution in [-0.4, -0.2) is 14.5 Å². The average molecular weight is 310 g/mol. The van der Waals surface area contributed by atoms with Gasteiger partial charge in [-0.3, -0.25) is 4.98 Å². The van der Waals surface area contributed by atoms with Crippen molar-refractivity contribution in [1.29, 1.82) is 5.26 Å². The SMILES string of the molecule is N#Cc1ccc(Cn2c(-c3ccccn3)nc3ccccc32)cc1. The summed E-state index contributed by atoms with van der Waals surface area (Å²) in [6.45, 7) is 0.679. The highest BCUT2D eigenvalue weighted by atomic mass is 15.1. The van der Waals surface area contributed by atoms with Crippen LogP contribution < -0.4 is 0 Å². The van der Waals surface area contributed by atoms with Crippen LogP contribution in [-0.2, 0) is 6.54 Å². The number of aromatic nitrogens is 3. The number of nitrogens with zero attached hydrogens (tertiary/aromatic N) is 4. The molecule has 2 heterocycles. The molecule has 0 atom stereocenters. The summed E-state index contributed by atoms with van der Waals surface area (Å²) >= 11 is 0. The van der Waals surface area contributed by atoms with Gasteiger partial charge in [-0.2, -0.15) is 5.26 Å². The molecule has 2 aromatic carbocycles. The van der Waals surface area contributed by atoms with Gasteiger partial charge >= 0.3 is 0 Å². The van der Waals surface area contributed by atoms with Crippen LogP contribution in [0.1, 0.15) is 11.1 Å². The van der Waals surface area contributed by atoms with Crippen LogP contribution in [0.2, 0.25) is 0 Å². The standard InChI is InChI=1S/C20H14N4/c21-13-15-8-10-16(11-9-15)14-24-19-7-2-1-5-17(19)23-20(24)18-6-3-4-12-22-18/h1-12H,14H2. The number of nitriles is 1. The Kier molecular flexibility index (Phi) is 3.53. The molecular weight excluding hydrogens is 296 g/mol. The van der Waals surface area contributed by atoms with Gasteiger partial charge in [0.2, 0.25) is 0 Å². The third-order valence-electron chi connectivity index (χ3n) is 3.97. The van der Waals surface area contributed by atoms with Crippen molar-refractivity contribution in [2.24, 2.45) is 0 Å². The largest absolute Gasteiger partial charge is 0.318 e. The second kappa shape index (κ2) is 5.98. The number of pyridine rings is 1. The summed E-state index contributed by atoms with van der Waals surface area (Å²) in [5, 5.41) is 8.95. The summed E-state index contributed by atoms with van der Waals surface area (Å²) in [5.74, 6) is 0.848. The number of imidazole rings is 1. The van der Waals surface area contributed by atoms with Gasteiger partial charge in [0.25, 0.3) is 0 Å². The fourth-order valence-electron chi connectivity index (χ4n) is 2.79. The van der Waals surface area contributed by atoms with E-state index in [1.807, 2.05) is 60.7 Å². The molecule has 0 radical (unpaired) electrons. The molecule has 0 bridgehead atoms. The van der Waals surface area contributed by atoms with Gasteiger partial charge in [-0.15, -0.1) is 0 Å². The van der Waals surface area contributed by atoms with Crippen LogP contribution in [0.5, 0.6) is 0 Å². The van der Waals surface area contributed by atoms with E-state index >= 15 is 0 Å². The van der Waals surface area contributed by atoms with Gasteiger partial charge in [0.1, 0.15) is 5.69 Å². The van der Waals surface area contributed by atoms with Gasteiger partial charge < -0.3 is 4.57 Å². The lowest BCUT2D eigenvalue weighted by Gasteiger charge is -2.09. The van der Waals surface area contributed by atoms with Crippen molar-refractivity contribution in [2.45, 2.75) is 6.54 Å². The molecule has 0 saturated heterocycles. The highest BCUT2D eigenvalue weighted by molar-refractivity contribution is 5.80. The molecule has 0 saturated carbocycles. The van der Waals surface area contributed by atoms with Crippen molar-refractivity contribution in [1.82, 2.24) is 14.5 Å². The molecule has 4 heteroatoms. The maximum absolute atomic E-state index is 8.95. The van der Waals surface area contributed by atoms with Crippen molar-refractivity contribution >= 4 is 11.0 Å². The first-order valence-electron chi connectivity index (χ1n) is 7.71. The Hall–Kier alpha value is -3.45. The Bertz CT molecular complexity index is 1020. The highest BCUT2D eigenvalue weighted by Crippen LogP contribution is 2.24. The van der Waals surface area contributed by atoms with E-state index in [4.69, 9.17) is 10.2 Å². The van der Waals surface area contributed by atoms with E-state index in [2.05, 4.69) is 21.7 Å². The Morgan fingerprint density at radius 1 is 0.917 bits per heavy atom. The van der Waals surface area contributed by atoms with E-state index < -0.39 is 0 Å². The second-order valence-corrected chi connectivity index (χ2v) is 5.53. The van der Waals surface area contributed by atoms with Gasteiger partial charge in [-0.05, 0) is 42.0 Å². The molecule has 24 heavy (non-hydrogen) atoms. The summed E-state index contributed by atoms with van der Waals surface area (Å²) in [5.41, 5.74) is 4.66.